The Balaban J connectivity index is 2.25. The molecular formula is C7H11N3O3. The Kier molecular flexibility index (Phi) is 2.09. The lowest BCUT2D eigenvalue weighted by molar-refractivity contribution is 0.168. The lowest BCUT2D eigenvalue weighted by atomic mass is 9.88. The van der Waals surface area contributed by atoms with Crippen molar-refractivity contribution in [1.82, 2.24) is 5.32 Å². The minimum atomic E-state index is -0.608. The second-order valence-electron chi connectivity index (χ2n) is 3.51. The maximum absolute atomic E-state index is 10.5. The number of nitrogens with zero attached hydrogens (tertiary/aromatic N) is 2. The zero-order chi connectivity index (χ0) is 9.31. The van der Waals surface area contributed by atoms with Gasteiger partial charge < -0.3 is 10.1 Å². The van der Waals surface area contributed by atoms with Crippen LogP contribution < -0.4 is 5.32 Å². The summed E-state index contributed by atoms with van der Waals surface area (Å²) in [5, 5.41) is 9.14. The number of nitrogens with one attached hydrogen (secondary N) is 1. The van der Waals surface area contributed by atoms with Crippen LogP contribution >= 0.6 is 0 Å². The van der Waals surface area contributed by atoms with E-state index >= 15 is 0 Å². The van der Waals surface area contributed by atoms with Gasteiger partial charge >= 0.3 is 0 Å². The van der Waals surface area contributed by atoms with Crippen LogP contribution in [0.4, 0.5) is 0 Å². The summed E-state index contributed by atoms with van der Waals surface area (Å²) in [6.45, 7) is 1.36. The number of rotatable bonds is 2. The highest BCUT2D eigenvalue weighted by molar-refractivity contribution is 5.13. The molecule has 2 fully saturated rings. The van der Waals surface area contributed by atoms with Crippen LogP contribution in [0.5, 0.6) is 0 Å². The van der Waals surface area contributed by atoms with Crippen molar-refractivity contribution >= 4 is 0 Å². The molecule has 1 spiro atoms. The fourth-order valence-electron chi connectivity index (χ4n) is 2.16. The number of hydrogen-bond acceptors (Lipinski definition) is 6. The van der Waals surface area contributed by atoms with Crippen LogP contribution in [-0.4, -0.2) is 37.4 Å². The first kappa shape index (κ1) is 8.71. The SMILES string of the molecule is O=NC1CCN[C@]12COCC2N=O. The minimum Gasteiger partial charge on any atom is -0.377 e. The summed E-state index contributed by atoms with van der Waals surface area (Å²) < 4.78 is 5.16. The molecule has 0 amide bonds. The third-order valence-corrected chi connectivity index (χ3v) is 2.93. The fourth-order valence-corrected chi connectivity index (χ4v) is 2.16. The molecule has 2 aliphatic heterocycles. The van der Waals surface area contributed by atoms with Crippen LogP contribution in [0.2, 0.25) is 0 Å². The first-order valence-electron chi connectivity index (χ1n) is 4.31. The lowest BCUT2D eigenvalue weighted by Gasteiger charge is -2.27. The van der Waals surface area contributed by atoms with Crippen molar-refractivity contribution in [2.24, 2.45) is 10.4 Å². The van der Waals surface area contributed by atoms with Crippen molar-refractivity contribution < 1.29 is 4.74 Å². The van der Waals surface area contributed by atoms with Crippen LogP contribution in [0.3, 0.4) is 0 Å². The monoisotopic (exact) mass is 185 g/mol. The third kappa shape index (κ3) is 1.09. The normalized spacial score (nSPS) is 44.0. The Bertz CT molecular complexity index is 209. The van der Waals surface area contributed by atoms with E-state index in [1.54, 1.807) is 0 Å². The van der Waals surface area contributed by atoms with E-state index in [9.17, 15) is 9.81 Å². The van der Waals surface area contributed by atoms with Gasteiger partial charge in [-0.15, -0.1) is 0 Å². The van der Waals surface area contributed by atoms with Gasteiger partial charge in [-0.2, -0.15) is 9.81 Å². The molecule has 0 aromatic rings. The Morgan fingerprint density at radius 2 is 2.08 bits per heavy atom. The quantitative estimate of drug-likeness (QED) is 0.615. The summed E-state index contributed by atoms with van der Waals surface area (Å²) >= 11 is 0. The maximum Gasteiger partial charge on any atom is 0.138 e. The van der Waals surface area contributed by atoms with Crippen molar-refractivity contribution in [3.05, 3.63) is 9.81 Å². The maximum atomic E-state index is 10.5. The van der Waals surface area contributed by atoms with Gasteiger partial charge in [0, 0.05) is 0 Å². The molecule has 0 aliphatic carbocycles. The molecule has 2 aliphatic rings. The highest BCUT2D eigenvalue weighted by Crippen LogP contribution is 2.33. The molecule has 0 bridgehead atoms. The van der Waals surface area contributed by atoms with Gasteiger partial charge in [0.15, 0.2) is 0 Å². The standard InChI is InChI=1S/C7H11N3O3/c11-9-5-1-2-8-7(5)4-13-3-6(7)10-12/h5-6,8H,1-4H2/t5?,6?,7-/m1/s1. The van der Waals surface area contributed by atoms with E-state index in [0.717, 1.165) is 0 Å². The summed E-state index contributed by atoms with van der Waals surface area (Å²) in [6, 6.07) is -0.851. The predicted molar refractivity (Wildman–Crippen MR) is 45.3 cm³/mol. The average Bonchev–Trinajstić information content (AvgIpc) is 2.74. The largest absolute Gasteiger partial charge is 0.377 e. The second-order valence-corrected chi connectivity index (χ2v) is 3.51. The number of nitroso groups, excluding NO2 is 2. The van der Waals surface area contributed by atoms with E-state index in [1.807, 2.05) is 0 Å². The summed E-state index contributed by atoms with van der Waals surface area (Å²) in [5.41, 5.74) is -0.608. The highest BCUT2D eigenvalue weighted by atomic mass is 16.5. The first-order valence-corrected chi connectivity index (χ1v) is 4.31. The Morgan fingerprint density at radius 1 is 1.31 bits per heavy atom. The van der Waals surface area contributed by atoms with Crippen molar-refractivity contribution in [3.63, 3.8) is 0 Å². The van der Waals surface area contributed by atoms with Gasteiger partial charge in [-0.05, 0) is 13.0 Å². The van der Waals surface area contributed by atoms with Gasteiger partial charge in [-0.25, -0.2) is 0 Å². The molecule has 13 heavy (non-hydrogen) atoms. The van der Waals surface area contributed by atoms with Crippen LogP contribution in [0.15, 0.2) is 10.4 Å². The van der Waals surface area contributed by atoms with Crippen LogP contribution in [-0.2, 0) is 4.74 Å². The van der Waals surface area contributed by atoms with Gasteiger partial charge in [0.1, 0.15) is 12.1 Å². The summed E-state index contributed by atoms with van der Waals surface area (Å²) in [4.78, 5) is 21.1. The molecule has 0 radical (unpaired) electrons. The van der Waals surface area contributed by atoms with E-state index in [0.29, 0.717) is 26.2 Å². The smallest absolute Gasteiger partial charge is 0.138 e. The van der Waals surface area contributed by atoms with Gasteiger partial charge in [0.05, 0.1) is 18.8 Å². The Morgan fingerprint density at radius 3 is 2.77 bits per heavy atom. The topological polar surface area (TPSA) is 80.1 Å². The molecule has 2 heterocycles. The molecule has 0 saturated carbocycles. The van der Waals surface area contributed by atoms with E-state index in [2.05, 4.69) is 15.7 Å². The van der Waals surface area contributed by atoms with Gasteiger partial charge in [0.25, 0.3) is 0 Å². The molecular weight excluding hydrogens is 174 g/mol. The van der Waals surface area contributed by atoms with Crippen molar-refractivity contribution in [2.75, 3.05) is 19.8 Å². The molecule has 0 aromatic carbocycles. The van der Waals surface area contributed by atoms with Crippen molar-refractivity contribution in [2.45, 2.75) is 24.0 Å². The zero-order valence-electron chi connectivity index (χ0n) is 7.10. The third-order valence-electron chi connectivity index (χ3n) is 2.93. The van der Waals surface area contributed by atoms with Crippen molar-refractivity contribution in [1.29, 1.82) is 0 Å². The molecule has 6 heteroatoms. The summed E-state index contributed by atoms with van der Waals surface area (Å²) in [7, 11) is 0. The van der Waals surface area contributed by atoms with Crippen LogP contribution in [0, 0.1) is 9.81 Å². The second kappa shape index (κ2) is 3.12. The Labute approximate surface area is 75.0 Å². The molecule has 2 rings (SSSR count). The van der Waals surface area contributed by atoms with E-state index in [4.69, 9.17) is 4.74 Å². The van der Waals surface area contributed by atoms with E-state index < -0.39 is 11.6 Å². The van der Waals surface area contributed by atoms with E-state index in [-0.39, 0.29) is 6.04 Å². The summed E-state index contributed by atoms with van der Waals surface area (Å²) in [5.74, 6) is 0. The highest BCUT2D eigenvalue weighted by Gasteiger charge is 2.54. The van der Waals surface area contributed by atoms with Crippen molar-refractivity contribution in [3.8, 4) is 0 Å². The molecule has 2 saturated heterocycles. The van der Waals surface area contributed by atoms with Gasteiger partial charge in [0.2, 0.25) is 0 Å². The van der Waals surface area contributed by atoms with Crippen LogP contribution in [0.25, 0.3) is 0 Å². The lowest BCUT2D eigenvalue weighted by Crippen LogP contribution is -2.55. The molecule has 2 unspecified atom stereocenters. The molecule has 6 nitrogen and oxygen atoms in total. The van der Waals surface area contributed by atoms with Gasteiger partial charge in [-0.3, -0.25) is 0 Å². The molecule has 1 N–H and O–H groups in total. The van der Waals surface area contributed by atoms with Crippen LogP contribution in [0.1, 0.15) is 6.42 Å². The van der Waals surface area contributed by atoms with E-state index in [1.165, 1.54) is 0 Å². The molecule has 3 atom stereocenters. The molecule has 0 aromatic heterocycles. The average molecular weight is 185 g/mol. The first-order chi connectivity index (χ1) is 6.33. The Hall–Kier alpha value is -0.880. The fraction of sp³-hybridized carbons (Fsp3) is 1.00. The molecule has 72 valence electrons. The predicted octanol–water partition coefficient (Wildman–Crippen LogP) is 0.0187. The summed E-state index contributed by atoms with van der Waals surface area (Å²) in [6.07, 6.45) is 0.666. The number of hydrogen-bond donors (Lipinski definition) is 1. The number of ether oxygens (including phenoxy) is 1. The zero-order valence-corrected chi connectivity index (χ0v) is 7.10. The van der Waals surface area contributed by atoms with Gasteiger partial charge in [-0.1, -0.05) is 10.4 Å². The minimum absolute atomic E-state index is 0.294.